The van der Waals surface area contributed by atoms with Crippen LogP contribution in [0.4, 0.5) is 4.79 Å². The van der Waals surface area contributed by atoms with Crippen molar-refractivity contribution in [3.05, 3.63) is 76.7 Å². The Balaban J connectivity index is 1.49. The molecule has 202 valence electrons. The summed E-state index contributed by atoms with van der Waals surface area (Å²) in [6.07, 6.45) is 0.977. The fourth-order valence-electron chi connectivity index (χ4n) is 4.57. The molecule has 0 saturated carbocycles. The summed E-state index contributed by atoms with van der Waals surface area (Å²) in [6.45, 7) is 9.60. The Labute approximate surface area is 222 Å². The van der Waals surface area contributed by atoms with E-state index in [0.29, 0.717) is 24.2 Å². The number of aryl methyl sites for hydroxylation is 3. The van der Waals surface area contributed by atoms with Gasteiger partial charge in [-0.05, 0) is 89.4 Å². The molecule has 2 atom stereocenters. The van der Waals surface area contributed by atoms with E-state index < -0.39 is 23.8 Å². The summed E-state index contributed by atoms with van der Waals surface area (Å²) < 4.78 is 13.8. The molecule has 3 aromatic rings. The average molecular weight is 522 g/mol. The van der Waals surface area contributed by atoms with Crippen LogP contribution in [0, 0.1) is 13.8 Å². The van der Waals surface area contributed by atoms with Gasteiger partial charge in [0.05, 0.1) is 24.8 Å². The lowest BCUT2D eigenvalue weighted by Crippen LogP contribution is -2.45. The number of hydrogen-bond acceptors (Lipinski definition) is 6. The van der Waals surface area contributed by atoms with Gasteiger partial charge in [-0.2, -0.15) is 0 Å². The number of aromatic nitrogens is 2. The standard InChI is InChI=1S/C29H35N3O6/c1-18-6-7-19(2)32(18)26-13-10-22(15-30-26)24(33)17-31(28(36)38-29(3,4)5)16-23-11-8-20-14-21(27(34)35)9-12-25(20)37-23/h6-7,9-10,12-15,23-24,33H,8,11,16-17H2,1-5H3,(H,34,35). The van der Waals surface area contributed by atoms with Crippen molar-refractivity contribution in [2.45, 2.75) is 65.3 Å². The quantitative estimate of drug-likeness (QED) is 0.457. The first kappa shape index (κ1) is 27.2. The number of benzene rings is 1. The maximum absolute atomic E-state index is 13.1. The van der Waals surface area contributed by atoms with E-state index in [1.807, 2.05) is 42.7 Å². The third-order valence-electron chi connectivity index (χ3n) is 6.46. The molecular formula is C29H35N3O6. The van der Waals surface area contributed by atoms with Gasteiger partial charge in [0.1, 0.15) is 23.3 Å². The largest absolute Gasteiger partial charge is 0.488 e. The minimum absolute atomic E-state index is 0.00217. The number of ether oxygens (including phenoxy) is 2. The minimum atomic E-state index is -0.985. The number of carboxylic acid groups (broad SMARTS) is 1. The van der Waals surface area contributed by atoms with E-state index >= 15 is 0 Å². The van der Waals surface area contributed by atoms with Crippen molar-refractivity contribution in [1.82, 2.24) is 14.5 Å². The molecule has 4 rings (SSSR count). The summed E-state index contributed by atoms with van der Waals surface area (Å²) in [4.78, 5) is 30.4. The van der Waals surface area contributed by atoms with Crippen molar-refractivity contribution in [3.63, 3.8) is 0 Å². The monoisotopic (exact) mass is 521 g/mol. The Morgan fingerprint density at radius 2 is 1.87 bits per heavy atom. The highest BCUT2D eigenvalue weighted by Crippen LogP contribution is 2.29. The number of carboxylic acids is 1. The number of pyridine rings is 1. The molecule has 38 heavy (non-hydrogen) atoms. The maximum Gasteiger partial charge on any atom is 0.410 e. The van der Waals surface area contributed by atoms with Crippen LogP contribution in [0.3, 0.4) is 0 Å². The second-order valence-corrected chi connectivity index (χ2v) is 10.7. The smallest absolute Gasteiger partial charge is 0.410 e. The number of aliphatic hydroxyl groups is 1. The molecule has 0 spiro atoms. The van der Waals surface area contributed by atoms with Crippen LogP contribution >= 0.6 is 0 Å². The molecule has 1 amide bonds. The molecule has 0 saturated heterocycles. The summed E-state index contributed by atoms with van der Waals surface area (Å²) >= 11 is 0. The van der Waals surface area contributed by atoms with Crippen LogP contribution in [0.15, 0.2) is 48.7 Å². The lowest BCUT2D eigenvalue weighted by Gasteiger charge is -2.33. The van der Waals surface area contributed by atoms with E-state index in [9.17, 15) is 19.8 Å². The van der Waals surface area contributed by atoms with Gasteiger partial charge in [-0.15, -0.1) is 0 Å². The molecule has 1 aliphatic heterocycles. The van der Waals surface area contributed by atoms with Crippen molar-refractivity contribution in [3.8, 4) is 11.6 Å². The molecule has 1 aromatic carbocycles. The second-order valence-electron chi connectivity index (χ2n) is 10.7. The Bertz CT molecular complexity index is 1290. The first-order valence-electron chi connectivity index (χ1n) is 12.7. The van der Waals surface area contributed by atoms with Gasteiger partial charge in [0.25, 0.3) is 0 Å². The molecule has 0 radical (unpaired) electrons. The van der Waals surface area contributed by atoms with Crippen LogP contribution in [-0.2, 0) is 11.2 Å². The van der Waals surface area contributed by atoms with E-state index in [1.165, 1.54) is 11.0 Å². The normalized spacial score (nSPS) is 15.8. The number of nitrogens with zero attached hydrogens (tertiary/aromatic N) is 3. The number of amides is 1. The van der Waals surface area contributed by atoms with Gasteiger partial charge >= 0.3 is 12.1 Å². The summed E-state index contributed by atoms with van der Waals surface area (Å²) in [7, 11) is 0. The zero-order valence-corrected chi connectivity index (χ0v) is 22.5. The Hall–Kier alpha value is -3.85. The molecule has 1 aliphatic rings. The summed E-state index contributed by atoms with van der Waals surface area (Å²) in [6, 6.07) is 12.5. The molecule has 0 fully saturated rings. The van der Waals surface area contributed by atoms with Crippen LogP contribution in [0.2, 0.25) is 0 Å². The first-order valence-corrected chi connectivity index (χ1v) is 12.7. The molecule has 0 bridgehead atoms. The number of aliphatic hydroxyl groups excluding tert-OH is 1. The summed E-state index contributed by atoms with van der Waals surface area (Å²) in [5, 5.41) is 20.3. The van der Waals surface area contributed by atoms with Gasteiger partial charge in [-0.1, -0.05) is 6.07 Å². The van der Waals surface area contributed by atoms with E-state index in [1.54, 1.807) is 39.1 Å². The van der Waals surface area contributed by atoms with Gasteiger partial charge in [0.2, 0.25) is 0 Å². The molecule has 9 heteroatoms. The van der Waals surface area contributed by atoms with E-state index in [2.05, 4.69) is 4.98 Å². The first-order chi connectivity index (χ1) is 17.9. The van der Waals surface area contributed by atoms with Crippen LogP contribution in [-0.4, -0.2) is 61.5 Å². The highest BCUT2D eigenvalue weighted by molar-refractivity contribution is 5.88. The van der Waals surface area contributed by atoms with Crippen LogP contribution in [0.5, 0.6) is 5.75 Å². The van der Waals surface area contributed by atoms with Gasteiger partial charge < -0.3 is 29.2 Å². The molecule has 9 nitrogen and oxygen atoms in total. The number of rotatable bonds is 7. The zero-order valence-electron chi connectivity index (χ0n) is 22.5. The third-order valence-corrected chi connectivity index (χ3v) is 6.46. The average Bonchev–Trinajstić information content (AvgIpc) is 3.19. The van der Waals surface area contributed by atoms with Crippen LogP contribution in [0.1, 0.15) is 66.2 Å². The number of carbonyl (C=O) groups excluding carboxylic acids is 1. The predicted octanol–water partition coefficient (Wildman–Crippen LogP) is 4.85. The fraction of sp³-hybridized carbons (Fsp3) is 0.414. The van der Waals surface area contributed by atoms with Gasteiger partial charge in [-0.3, -0.25) is 0 Å². The highest BCUT2D eigenvalue weighted by atomic mass is 16.6. The number of carbonyl (C=O) groups is 2. The van der Waals surface area contributed by atoms with E-state index in [4.69, 9.17) is 9.47 Å². The minimum Gasteiger partial charge on any atom is -0.488 e. The summed E-state index contributed by atoms with van der Waals surface area (Å²) in [5.41, 5.74) is 3.04. The maximum atomic E-state index is 13.1. The van der Waals surface area contributed by atoms with Gasteiger partial charge in [0, 0.05) is 23.1 Å². The Morgan fingerprint density at radius 3 is 2.47 bits per heavy atom. The molecule has 0 aliphatic carbocycles. The van der Waals surface area contributed by atoms with Gasteiger partial charge in [0.15, 0.2) is 0 Å². The Morgan fingerprint density at radius 1 is 1.16 bits per heavy atom. The van der Waals surface area contributed by atoms with E-state index in [0.717, 1.165) is 22.8 Å². The predicted molar refractivity (Wildman–Crippen MR) is 142 cm³/mol. The highest BCUT2D eigenvalue weighted by Gasteiger charge is 2.30. The number of aromatic carboxylic acids is 1. The lowest BCUT2D eigenvalue weighted by molar-refractivity contribution is 0.00362. The van der Waals surface area contributed by atoms with Crippen molar-refractivity contribution in [2.24, 2.45) is 0 Å². The molecular weight excluding hydrogens is 486 g/mol. The van der Waals surface area contributed by atoms with Crippen molar-refractivity contribution >= 4 is 12.1 Å². The Kier molecular flexibility index (Phi) is 7.78. The van der Waals surface area contributed by atoms with Crippen molar-refractivity contribution < 1.29 is 29.3 Å². The van der Waals surface area contributed by atoms with Crippen molar-refractivity contribution in [1.29, 1.82) is 0 Å². The molecule has 3 heterocycles. The summed E-state index contributed by atoms with van der Waals surface area (Å²) in [5.74, 6) is 0.373. The zero-order chi connectivity index (χ0) is 27.6. The molecule has 2 aromatic heterocycles. The van der Waals surface area contributed by atoms with Crippen LogP contribution < -0.4 is 4.74 Å². The van der Waals surface area contributed by atoms with Crippen LogP contribution in [0.25, 0.3) is 5.82 Å². The second kappa shape index (κ2) is 10.9. The third kappa shape index (κ3) is 6.34. The number of fused-ring (bicyclic) bond motifs is 1. The SMILES string of the molecule is Cc1ccc(C)n1-c1ccc(C(O)CN(CC2CCc3cc(C(=O)O)ccc3O2)C(=O)OC(C)(C)C)cn1. The van der Waals surface area contributed by atoms with E-state index in [-0.39, 0.29) is 24.8 Å². The van der Waals surface area contributed by atoms with Crippen molar-refractivity contribution in [2.75, 3.05) is 13.1 Å². The lowest BCUT2D eigenvalue weighted by atomic mass is 9.99. The van der Waals surface area contributed by atoms with Gasteiger partial charge in [-0.25, -0.2) is 14.6 Å². The topological polar surface area (TPSA) is 114 Å². The molecule has 2 unspecified atom stereocenters. The molecule has 2 N–H and O–H groups in total. The number of hydrogen-bond donors (Lipinski definition) is 2. The fourth-order valence-corrected chi connectivity index (χ4v) is 4.57.